The second kappa shape index (κ2) is 5.97. The minimum atomic E-state index is 0.00287. The average Bonchev–Trinajstić information content (AvgIpc) is 3.05. The standard InChI is InChI=1S/C9H9BrO.C3H6/c1-7(6-11)8-2-4-9(10)5-3-8;1-2-3-1/h2-7H,1H3;1-3H2. The summed E-state index contributed by atoms with van der Waals surface area (Å²) < 4.78 is 1.04. The quantitative estimate of drug-likeness (QED) is 0.732. The Morgan fingerprint density at radius 1 is 1.21 bits per heavy atom. The second-order valence-electron chi connectivity index (χ2n) is 3.54. The van der Waals surface area contributed by atoms with Gasteiger partial charge in [0.05, 0.1) is 0 Å². The molecule has 14 heavy (non-hydrogen) atoms. The van der Waals surface area contributed by atoms with Crippen molar-refractivity contribution in [1.29, 1.82) is 0 Å². The van der Waals surface area contributed by atoms with Crippen molar-refractivity contribution in [3.05, 3.63) is 34.3 Å². The minimum absolute atomic E-state index is 0.00287. The number of rotatable bonds is 2. The Balaban J connectivity index is 0.000000276. The van der Waals surface area contributed by atoms with Gasteiger partial charge in [0.25, 0.3) is 0 Å². The summed E-state index contributed by atoms with van der Waals surface area (Å²) in [6.45, 7) is 1.89. The lowest BCUT2D eigenvalue weighted by atomic mass is 10.0. The molecule has 1 aromatic carbocycles. The molecule has 1 aliphatic rings. The first-order valence-corrected chi connectivity index (χ1v) is 5.74. The van der Waals surface area contributed by atoms with E-state index in [1.807, 2.05) is 31.2 Å². The van der Waals surface area contributed by atoms with Crippen molar-refractivity contribution in [3.8, 4) is 0 Å². The van der Waals surface area contributed by atoms with Gasteiger partial charge in [-0.1, -0.05) is 54.2 Å². The summed E-state index contributed by atoms with van der Waals surface area (Å²) in [6, 6.07) is 7.77. The van der Waals surface area contributed by atoms with E-state index in [4.69, 9.17) is 0 Å². The molecule has 2 rings (SSSR count). The Morgan fingerprint density at radius 3 is 2.07 bits per heavy atom. The number of carbonyl (C=O) groups excluding carboxylic acids is 1. The maximum Gasteiger partial charge on any atom is 0.127 e. The van der Waals surface area contributed by atoms with Gasteiger partial charge in [-0.15, -0.1) is 0 Å². The van der Waals surface area contributed by atoms with Gasteiger partial charge in [-0.05, 0) is 17.7 Å². The lowest BCUT2D eigenvalue weighted by Gasteiger charge is -2.02. The Hall–Kier alpha value is -0.630. The number of hydrogen-bond acceptors (Lipinski definition) is 1. The molecule has 0 radical (unpaired) electrons. The van der Waals surface area contributed by atoms with Crippen LogP contribution in [0.5, 0.6) is 0 Å². The van der Waals surface area contributed by atoms with Crippen LogP contribution in [0.15, 0.2) is 28.7 Å². The zero-order valence-corrected chi connectivity index (χ0v) is 9.96. The summed E-state index contributed by atoms with van der Waals surface area (Å²) in [4.78, 5) is 10.4. The summed E-state index contributed by atoms with van der Waals surface area (Å²) in [5, 5.41) is 0. The molecule has 0 saturated heterocycles. The van der Waals surface area contributed by atoms with Gasteiger partial charge in [0.1, 0.15) is 6.29 Å². The van der Waals surface area contributed by atoms with Crippen LogP contribution >= 0.6 is 15.9 Å². The lowest BCUT2D eigenvalue weighted by Crippen LogP contribution is -1.92. The van der Waals surface area contributed by atoms with E-state index in [-0.39, 0.29) is 5.92 Å². The van der Waals surface area contributed by atoms with Gasteiger partial charge >= 0.3 is 0 Å². The first-order valence-electron chi connectivity index (χ1n) is 4.95. The lowest BCUT2D eigenvalue weighted by molar-refractivity contribution is -0.108. The molecule has 1 fully saturated rings. The molecule has 1 aliphatic carbocycles. The Bertz CT molecular complexity index is 274. The largest absolute Gasteiger partial charge is 0.303 e. The van der Waals surface area contributed by atoms with Crippen LogP contribution in [0.3, 0.4) is 0 Å². The van der Waals surface area contributed by atoms with Gasteiger partial charge in [-0.2, -0.15) is 0 Å². The third kappa shape index (κ3) is 4.56. The van der Waals surface area contributed by atoms with Crippen molar-refractivity contribution in [2.24, 2.45) is 0 Å². The molecule has 2 heteroatoms. The van der Waals surface area contributed by atoms with Gasteiger partial charge in [-0.3, -0.25) is 0 Å². The van der Waals surface area contributed by atoms with Crippen LogP contribution in [-0.4, -0.2) is 6.29 Å². The fraction of sp³-hybridized carbons (Fsp3) is 0.417. The Morgan fingerprint density at radius 2 is 1.71 bits per heavy atom. The van der Waals surface area contributed by atoms with Crippen LogP contribution < -0.4 is 0 Å². The molecule has 0 spiro atoms. The highest BCUT2D eigenvalue weighted by atomic mass is 79.9. The summed E-state index contributed by atoms with van der Waals surface area (Å²) in [6.07, 6.45) is 5.45. The summed E-state index contributed by atoms with van der Waals surface area (Å²) in [5.41, 5.74) is 1.06. The second-order valence-corrected chi connectivity index (χ2v) is 4.45. The molecular formula is C12H15BrO. The van der Waals surface area contributed by atoms with Crippen LogP contribution in [0.1, 0.15) is 37.7 Å². The maximum absolute atomic E-state index is 10.4. The van der Waals surface area contributed by atoms with Gasteiger partial charge in [0, 0.05) is 10.4 Å². The third-order valence-electron chi connectivity index (χ3n) is 1.95. The van der Waals surface area contributed by atoms with Gasteiger partial charge < -0.3 is 4.79 Å². The molecule has 1 saturated carbocycles. The zero-order chi connectivity index (χ0) is 10.4. The summed E-state index contributed by atoms with van der Waals surface area (Å²) in [7, 11) is 0. The molecule has 0 aromatic heterocycles. The molecule has 1 aromatic rings. The van der Waals surface area contributed by atoms with Crippen molar-refractivity contribution in [2.45, 2.75) is 32.1 Å². The van der Waals surface area contributed by atoms with Crippen LogP contribution in [0.25, 0.3) is 0 Å². The number of halogens is 1. The summed E-state index contributed by atoms with van der Waals surface area (Å²) in [5.74, 6) is 0.00287. The van der Waals surface area contributed by atoms with Crippen molar-refractivity contribution in [3.63, 3.8) is 0 Å². The summed E-state index contributed by atoms with van der Waals surface area (Å²) >= 11 is 3.33. The number of hydrogen-bond donors (Lipinski definition) is 0. The predicted molar refractivity (Wildman–Crippen MR) is 62.5 cm³/mol. The van der Waals surface area contributed by atoms with E-state index in [2.05, 4.69) is 15.9 Å². The normalized spacial score (nSPS) is 15.0. The monoisotopic (exact) mass is 254 g/mol. The smallest absolute Gasteiger partial charge is 0.127 e. The Kier molecular flexibility index (Phi) is 4.88. The molecule has 0 bridgehead atoms. The topological polar surface area (TPSA) is 17.1 Å². The van der Waals surface area contributed by atoms with E-state index >= 15 is 0 Å². The minimum Gasteiger partial charge on any atom is -0.303 e. The molecule has 1 atom stereocenters. The third-order valence-corrected chi connectivity index (χ3v) is 2.48. The highest BCUT2D eigenvalue weighted by molar-refractivity contribution is 9.10. The molecule has 1 unspecified atom stereocenters. The Labute approximate surface area is 93.7 Å². The fourth-order valence-corrected chi connectivity index (χ4v) is 1.11. The van der Waals surface area contributed by atoms with E-state index in [1.54, 1.807) is 0 Å². The van der Waals surface area contributed by atoms with Gasteiger partial charge in [-0.25, -0.2) is 0 Å². The van der Waals surface area contributed by atoms with Crippen LogP contribution in [0.4, 0.5) is 0 Å². The molecule has 0 N–H and O–H groups in total. The number of benzene rings is 1. The van der Waals surface area contributed by atoms with E-state index in [9.17, 15) is 4.79 Å². The SMILES string of the molecule is C1CC1.CC(C=O)c1ccc(Br)cc1. The molecule has 1 nitrogen and oxygen atoms in total. The highest BCUT2D eigenvalue weighted by Crippen LogP contribution is 2.16. The molecule has 0 amide bonds. The fourth-order valence-electron chi connectivity index (χ4n) is 0.845. The first kappa shape index (κ1) is 11.4. The van der Waals surface area contributed by atoms with Crippen molar-refractivity contribution in [2.75, 3.05) is 0 Å². The first-order chi connectivity index (χ1) is 6.74. The molecule has 76 valence electrons. The maximum atomic E-state index is 10.4. The molecule has 0 heterocycles. The van der Waals surface area contributed by atoms with E-state index < -0.39 is 0 Å². The van der Waals surface area contributed by atoms with Crippen molar-refractivity contribution in [1.82, 2.24) is 0 Å². The van der Waals surface area contributed by atoms with Crippen LogP contribution in [0, 0.1) is 0 Å². The van der Waals surface area contributed by atoms with Crippen LogP contribution in [-0.2, 0) is 4.79 Å². The number of aldehydes is 1. The van der Waals surface area contributed by atoms with E-state index in [1.165, 1.54) is 19.3 Å². The molecular weight excluding hydrogens is 240 g/mol. The average molecular weight is 255 g/mol. The predicted octanol–water partition coefficient (Wildman–Crippen LogP) is 3.92. The van der Waals surface area contributed by atoms with Crippen molar-refractivity contribution < 1.29 is 4.79 Å². The van der Waals surface area contributed by atoms with E-state index in [0.29, 0.717) is 0 Å². The van der Waals surface area contributed by atoms with Crippen LogP contribution in [0.2, 0.25) is 0 Å². The number of carbonyl (C=O) groups is 1. The zero-order valence-electron chi connectivity index (χ0n) is 8.37. The highest BCUT2D eigenvalue weighted by Gasteiger charge is 2.01. The van der Waals surface area contributed by atoms with E-state index in [0.717, 1.165) is 16.3 Å². The van der Waals surface area contributed by atoms with Gasteiger partial charge in [0.2, 0.25) is 0 Å². The van der Waals surface area contributed by atoms with Crippen molar-refractivity contribution >= 4 is 22.2 Å². The van der Waals surface area contributed by atoms with Gasteiger partial charge in [0.15, 0.2) is 0 Å². The molecule has 0 aliphatic heterocycles.